The molecule has 0 amide bonds. The van der Waals surface area contributed by atoms with Crippen LogP contribution >= 0.6 is 0 Å². The van der Waals surface area contributed by atoms with Crippen LogP contribution in [-0.2, 0) is 13.2 Å². The van der Waals surface area contributed by atoms with E-state index in [-0.39, 0.29) is 18.8 Å². The lowest BCUT2D eigenvalue weighted by Crippen LogP contribution is -2.19. The average molecular weight is 546 g/mol. The van der Waals surface area contributed by atoms with Crippen molar-refractivity contribution in [1.29, 1.82) is 0 Å². The molecule has 0 aliphatic carbocycles. The summed E-state index contributed by atoms with van der Waals surface area (Å²) < 4.78 is 12.7. The van der Waals surface area contributed by atoms with Gasteiger partial charge in [0.15, 0.2) is 11.5 Å². The highest BCUT2D eigenvalue weighted by Gasteiger charge is 2.19. The number of fused-ring (bicyclic) bond motifs is 2. The zero-order valence-electron chi connectivity index (χ0n) is 22.5. The largest absolute Gasteiger partial charge is 0.493 e. The highest BCUT2D eigenvalue weighted by Crippen LogP contribution is 2.41. The van der Waals surface area contributed by atoms with E-state index in [1.54, 1.807) is 43.4 Å². The normalized spacial score (nSPS) is 11.2. The summed E-state index contributed by atoms with van der Waals surface area (Å²) in [5.74, 6) is 1.51. The summed E-state index contributed by atoms with van der Waals surface area (Å²) in [6.45, 7) is -0.553. The van der Waals surface area contributed by atoms with E-state index in [2.05, 4.69) is 9.97 Å². The lowest BCUT2D eigenvalue weighted by Gasteiger charge is -2.19. The molecular formula is C33H27N3O5. The van der Waals surface area contributed by atoms with Gasteiger partial charge >= 0.3 is 0 Å². The van der Waals surface area contributed by atoms with Crippen LogP contribution in [-0.4, -0.2) is 39.0 Å². The SMILES string of the molecule is COc1cc2cc(CO)c(CO)c(-c3ccnc(-n4c(=O)cc(-c5ccncc5)c5ccccc54)c3)c2cc1OC. The highest BCUT2D eigenvalue weighted by atomic mass is 16.5. The number of pyridine rings is 3. The van der Waals surface area contributed by atoms with Crippen LogP contribution in [0.15, 0.2) is 96.2 Å². The number of aliphatic hydroxyl groups is 2. The van der Waals surface area contributed by atoms with Crippen LogP contribution < -0.4 is 15.0 Å². The van der Waals surface area contributed by atoms with Crippen molar-refractivity contribution in [3.8, 4) is 39.6 Å². The Bertz CT molecular complexity index is 1960. The van der Waals surface area contributed by atoms with Gasteiger partial charge in [0.1, 0.15) is 5.82 Å². The van der Waals surface area contributed by atoms with Gasteiger partial charge < -0.3 is 19.7 Å². The molecule has 8 nitrogen and oxygen atoms in total. The van der Waals surface area contributed by atoms with Crippen LogP contribution in [0.1, 0.15) is 11.1 Å². The number of benzene rings is 3. The fourth-order valence-corrected chi connectivity index (χ4v) is 5.46. The predicted octanol–water partition coefficient (Wildman–Crippen LogP) is 5.27. The molecule has 0 fully saturated rings. The lowest BCUT2D eigenvalue weighted by molar-refractivity contribution is 0.260. The number of aliphatic hydroxyl groups excluding tert-OH is 2. The van der Waals surface area contributed by atoms with Gasteiger partial charge in [0, 0.05) is 30.0 Å². The van der Waals surface area contributed by atoms with E-state index in [1.165, 1.54) is 0 Å². The number of rotatable bonds is 7. The minimum absolute atomic E-state index is 0.233. The van der Waals surface area contributed by atoms with Crippen LogP contribution in [0.5, 0.6) is 11.5 Å². The molecule has 0 saturated carbocycles. The van der Waals surface area contributed by atoms with Crippen molar-refractivity contribution in [2.75, 3.05) is 14.2 Å². The zero-order valence-corrected chi connectivity index (χ0v) is 22.5. The molecule has 0 saturated heterocycles. The van der Waals surface area contributed by atoms with Crippen LogP contribution in [0, 0.1) is 0 Å². The molecule has 2 N–H and O–H groups in total. The first-order chi connectivity index (χ1) is 20.1. The topological polar surface area (TPSA) is 107 Å². The first-order valence-corrected chi connectivity index (χ1v) is 13.0. The Labute approximate surface area is 235 Å². The van der Waals surface area contributed by atoms with Gasteiger partial charge in [-0.25, -0.2) is 4.98 Å². The number of nitrogens with zero attached hydrogens (tertiary/aromatic N) is 3. The van der Waals surface area contributed by atoms with E-state index in [4.69, 9.17) is 9.47 Å². The van der Waals surface area contributed by atoms with Crippen molar-refractivity contribution in [2.45, 2.75) is 13.2 Å². The minimum Gasteiger partial charge on any atom is -0.493 e. The standard InChI is InChI=1S/C33H27N3O5/c1-40-29-14-22-13-23(18-37)27(19-38)33(26(22)16-30(29)41-2)21-9-12-35-31(15-21)36-28-6-4-3-5-24(28)25(17-32(36)39)20-7-10-34-11-8-20/h3-17,37-38H,18-19H2,1-2H3. The second kappa shape index (κ2) is 10.8. The van der Waals surface area contributed by atoms with Crippen LogP contribution in [0.25, 0.3) is 49.7 Å². The van der Waals surface area contributed by atoms with E-state index in [0.29, 0.717) is 39.5 Å². The summed E-state index contributed by atoms with van der Waals surface area (Å²) in [5.41, 5.74) is 4.78. The Hall–Kier alpha value is -5.05. The van der Waals surface area contributed by atoms with E-state index in [1.807, 2.05) is 66.7 Å². The Morgan fingerprint density at radius 3 is 2.24 bits per heavy atom. The van der Waals surface area contributed by atoms with E-state index < -0.39 is 0 Å². The van der Waals surface area contributed by atoms with Gasteiger partial charge in [0.2, 0.25) is 0 Å². The van der Waals surface area contributed by atoms with Gasteiger partial charge in [0.05, 0.1) is 33.0 Å². The summed E-state index contributed by atoms with van der Waals surface area (Å²) in [4.78, 5) is 22.4. The molecule has 0 aliphatic rings. The van der Waals surface area contributed by atoms with Crippen molar-refractivity contribution < 1.29 is 19.7 Å². The number of hydrogen-bond donors (Lipinski definition) is 2. The zero-order chi connectivity index (χ0) is 28.5. The molecular weight excluding hydrogens is 518 g/mol. The summed E-state index contributed by atoms with van der Waals surface area (Å²) in [5, 5.41) is 23.1. The van der Waals surface area contributed by atoms with Crippen molar-refractivity contribution in [3.05, 3.63) is 113 Å². The third-order valence-corrected chi connectivity index (χ3v) is 7.35. The van der Waals surface area contributed by atoms with Gasteiger partial charge in [-0.05, 0) is 92.7 Å². The van der Waals surface area contributed by atoms with Gasteiger partial charge in [-0.2, -0.15) is 0 Å². The molecule has 41 heavy (non-hydrogen) atoms. The Morgan fingerprint density at radius 1 is 0.780 bits per heavy atom. The predicted molar refractivity (Wildman–Crippen MR) is 158 cm³/mol. The smallest absolute Gasteiger partial charge is 0.257 e. The Morgan fingerprint density at radius 2 is 1.51 bits per heavy atom. The number of methoxy groups -OCH3 is 2. The summed E-state index contributed by atoms with van der Waals surface area (Å²) in [6, 6.07) is 22.3. The first kappa shape index (κ1) is 26.2. The van der Waals surface area contributed by atoms with E-state index in [0.717, 1.165) is 32.8 Å². The number of aromatic nitrogens is 3. The second-order valence-electron chi connectivity index (χ2n) is 9.52. The molecule has 0 atom stereocenters. The monoisotopic (exact) mass is 545 g/mol. The van der Waals surface area contributed by atoms with Crippen molar-refractivity contribution in [3.63, 3.8) is 0 Å². The molecule has 0 aliphatic heterocycles. The van der Waals surface area contributed by atoms with Gasteiger partial charge in [-0.15, -0.1) is 0 Å². The van der Waals surface area contributed by atoms with Gasteiger partial charge in [-0.1, -0.05) is 18.2 Å². The third-order valence-electron chi connectivity index (χ3n) is 7.35. The molecule has 0 radical (unpaired) electrons. The number of para-hydroxylation sites is 1. The summed E-state index contributed by atoms with van der Waals surface area (Å²) in [6.07, 6.45) is 5.05. The summed E-state index contributed by atoms with van der Waals surface area (Å²) in [7, 11) is 3.13. The van der Waals surface area contributed by atoms with Crippen LogP contribution in [0.2, 0.25) is 0 Å². The molecule has 0 spiro atoms. The average Bonchev–Trinajstić information content (AvgIpc) is 3.03. The van der Waals surface area contributed by atoms with Crippen LogP contribution in [0.3, 0.4) is 0 Å². The fraction of sp³-hybridized carbons (Fsp3) is 0.121. The molecule has 3 aromatic carbocycles. The second-order valence-corrected chi connectivity index (χ2v) is 9.52. The quantitative estimate of drug-likeness (QED) is 0.282. The number of ether oxygens (including phenoxy) is 2. The molecule has 204 valence electrons. The third kappa shape index (κ3) is 4.49. The Kier molecular flexibility index (Phi) is 6.93. The Balaban J connectivity index is 1.62. The molecule has 6 rings (SSSR count). The summed E-state index contributed by atoms with van der Waals surface area (Å²) >= 11 is 0. The van der Waals surface area contributed by atoms with Gasteiger partial charge in [-0.3, -0.25) is 14.3 Å². The highest BCUT2D eigenvalue weighted by molar-refractivity contribution is 6.01. The molecule has 0 bridgehead atoms. The van der Waals surface area contributed by atoms with Crippen molar-refractivity contribution in [2.24, 2.45) is 0 Å². The minimum atomic E-state index is -0.295. The van der Waals surface area contributed by atoms with Crippen molar-refractivity contribution >= 4 is 21.7 Å². The number of hydrogen-bond acceptors (Lipinski definition) is 7. The molecule has 3 aromatic heterocycles. The van der Waals surface area contributed by atoms with E-state index >= 15 is 0 Å². The van der Waals surface area contributed by atoms with Crippen LogP contribution in [0.4, 0.5) is 0 Å². The molecule has 6 aromatic rings. The molecule has 3 heterocycles. The van der Waals surface area contributed by atoms with E-state index in [9.17, 15) is 15.0 Å². The molecule has 0 unspecified atom stereocenters. The maximum Gasteiger partial charge on any atom is 0.257 e. The fourth-order valence-electron chi connectivity index (χ4n) is 5.46. The maximum absolute atomic E-state index is 13.7. The maximum atomic E-state index is 13.7. The van der Waals surface area contributed by atoms with Gasteiger partial charge in [0.25, 0.3) is 5.56 Å². The lowest BCUT2D eigenvalue weighted by atomic mass is 9.90. The molecule has 8 heteroatoms. The first-order valence-electron chi connectivity index (χ1n) is 13.0. The van der Waals surface area contributed by atoms with Crippen molar-refractivity contribution in [1.82, 2.24) is 14.5 Å².